The number of nitrogens with zero attached hydrogens (tertiary/aromatic N) is 1. The standard InChI is InChI=1S/C19H18ClFN2O3/c20-14-1-5-16(6-2-14)23-12-13(11-18(23)24)19(25)22-9-10-26-17-7-3-15(21)4-8-17/h1-8,13H,9-12H2,(H,22,25). The molecule has 26 heavy (non-hydrogen) atoms. The van der Waals surface area contributed by atoms with E-state index in [4.69, 9.17) is 16.3 Å². The van der Waals surface area contributed by atoms with E-state index < -0.39 is 5.92 Å². The van der Waals surface area contributed by atoms with Crippen molar-refractivity contribution in [2.24, 2.45) is 5.92 Å². The molecule has 136 valence electrons. The summed E-state index contributed by atoms with van der Waals surface area (Å²) in [4.78, 5) is 26.0. The molecule has 2 amide bonds. The molecule has 1 aliphatic rings. The number of carbonyl (C=O) groups excluding carboxylic acids is 2. The van der Waals surface area contributed by atoms with E-state index >= 15 is 0 Å². The highest BCUT2D eigenvalue weighted by molar-refractivity contribution is 6.30. The van der Waals surface area contributed by atoms with Gasteiger partial charge in [-0.25, -0.2) is 4.39 Å². The summed E-state index contributed by atoms with van der Waals surface area (Å²) in [6.07, 6.45) is 0.174. The molecule has 0 bridgehead atoms. The van der Waals surface area contributed by atoms with Crippen molar-refractivity contribution in [3.8, 4) is 5.75 Å². The number of benzene rings is 2. The van der Waals surface area contributed by atoms with Crippen molar-refractivity contribution in [2.75, 3.05) is 24.6 Å². The molecule has 2 aromatic carbocycles. The summed E-state index contributed by atoms with van der Waals surface area (Å²) in [5, 5.41) is 3.36. The molecule has 0 aromatic heterocycles. The molecule has 1 fully saturated rings. The first-order valence-corrected chi connectivity index (χ1v) is 8.63. The van der Waals surface area contributed by atoms with Crippen LogP contribution in [0.5, 0.6) is 5.75 Å². The molecule has 1 unspecified atom stereocenters. The van der Waals surface area contributed by atoms with Gasteiger partial charge in [0.2, 0.25) is 11.8 Å². The molecule has 3 rings (SSSR count). The fraction of sp³-hybridized carbons (Fsp3) is 0.263. The van der Waals surface area contributed by atoms with Gasteiger partial charge in [-0.3, -0.25) is 9.59 Å². The highest BCUT2D eigenvalue weighted by Gasteiger charge is 2.34. The predicted octanol–water partition coefficient (Wildman–Crippen LogP) is 3.03. The highest BCUT2D eigenvalue weighted by atomic mass is 35.5. The normalized spacial score (nSPS) is 16.6. The summed E-state index contributed by atoms with van der Waals surface area (Å²) in [7, 11) is 0. The first kappa shape index (κ1) is 18.2. The highest BCUT2D eigenvalue weighted by Crippen LogP contribution is 2.26. The van der Waals surface area contributed by atoms with Crippen LogP contribution in [0.25, 0.3) is 0 Å². The number of amides is 2. The molecule has 0 saturated carbocycles. The third-order valence-corrected chi connectivity index (χ3v) is 4.37. The Kier molecular flexibility index (Phi) is 5.73. The number of hydrogen-bond donors (Lipinski definition) is 1. The molecule has 1 atom stereocenters. The third-order valence-electron chi connectivity index (χ3n) is 4.12. The van der Waals surface area contributed by atoms with Crippen molar-refractivity contribution in [1.82, 2.24) is 5.32 Å². The Morgan fingerprint density at radius 2 is 1.88 bits per heavy atom. The molecule has 1 saturated heterocycles. The van der Waals surface area contributed by atoms with Gasteiger partial charge in [-0.2, -0.15) is 0 Å². The maximum Gasteiger partial charge on any atom is 0.227 e. The maximum absolute atomic E-state index is 12.8. The lowest BCUT2D eigenvalue weighted by atomic mass is 10.1. The van der Waals surface area contributed by atoms with E-state index in [9.17, 15) is 14.0 Å². The molecule has 5 nitrogen and oxygen atoms in total. The SMILES string of the molecule is O=C(NCCOc1ccc(F)cc1)C1CC(=O)N(c2ccc(Cl)cc2)C1. The second-order valence-corrected chi connectivity index (χ2v) is 6.41. The van der Waals surface area contributed by atoms with E-state index in [0.717, 1.165) is 5.69 Å². The van der Waals surface area contributed by atoms with E-state index in [1.807, 2.05) is 0 Å². The molecule has 1 N–H and O–H groups in total. The lowest BCUT2D eigenvalue weighted by molar-refractivity contribution is -0.126. The molecule has 0 aliphatic carbocycles. The van der Waals surface area contributed by atoms with Crippen LogP contribution in [0.15, 0.2) is 48.5 Å². The minimum absolute atomic E-state index is 0.0879. The second-order valence-electron chi connectivity index (χ2n) is 5.98. The van der Waals surface area contributed by atoms with Gasteiger partial charge in [0.05, 0.1) is 12.5 Å². The molecular weight excluding hydrogens is 359 g/mol. The van der Waals surface area contributed by atoms with E-state index in [0.29, 0.717) is 23.9 Å². The third kappa shape index (κ3) is 4.52. The van der Waals surface area contributed by atoms with Crippen LogP contribution in [0.1, 0.15) is 6.42 Å². The number of hydrogen-bond acceptors (Lipinski definition) is 3. The van der Waals surface area contributed by atoms with Crippen LogP contribution in [0.4, 0.5) is 10.1 Å². The van der Waals surface area contributed by atoms with E-state index in [-0.39, 0.29) is 30.7 Å². The Bertz CT molecular complexity index is 780. The van der Waals surface area contributed by atoms with Crippen LogP contribution in [-0.4, -0.2) is 31.5 Å². The molecule has 0 radical (unpaired) electrons. The average molecular weight is 377 g/mol. The fourth-order valence-electron chi connectivity index (χ4n) is 2.77. The Morgan fingerprint density at radius 1 is 1.19 bits per heavy atom. The van der Waals surface area contributed by atoms with Crippen molar-refractivity contribution in [3.05, 3.63) is 59.4 Å². The summed E-state index contributed by atoms with van der Waals surface area (Å²) in [6.45, 7) is 0.909. The van der Waals surface area contributed by atoms with Crippen molar-refractivity contribution in [2.45, 2.75) is 6.42 Å². The number of nitrogens with one attached hydrogen (secondary N) is 1. The average Bonchev–Trinajstić information content (AvgIpc) is 3.02. The van der Waals surface area contributed by atoms with E-state index in [1.54, 1.807) is 29.2 Å². The van der Waals surface area contributed by atoms with Gasteiger partial charge >= 0.3 is 0 Å². The zero-order chi connectivity index (χ0) is 18.5. The van der Waals surface area contributed by atoms with Gasteiger partial charge in [0.25, 0.3) is 0 Å². The summed E-state index contributed by atoms with van der Waals surface area (Å²) >= 11 is 5.86. The van der Waals surface area contributed by atoms with Crippen LogP contribution in [-0.2, 0) is 9.59 Å². The van der Waals surface area contributed by atoms with E-state index in [2.05, 4.69) is 5.32 Å². The van der Waals surface area contributed by atoms with Crippen molar-refractivity contribution in [3.63, 3.8) is 0 Å². The molecule has 7 heteroatoms. The van der Waals surface area contributed by atoms with Crippen molar-refractivity contribution >= 4 is 29.1 Å². The van der Waals surface area contributed by atoms with Crippen LogP contribution in [0.2, 0.25) is 5.02 Å². The van der Waals surface area contributed by atoms with Gasteiger partial charge in [-0.1, -0.05) is 11.6 Å². The minimum Gasteiger partial charge on any atom is -0.492 e. The summed E-state index contributed by atoms with van der Waals surface area (Å²) in [6, 6.07) is 12.6. The maximum atomic E-state index is 12.8. The minimum atomic E-state index is -0.399. The summed E-state index contributed by atoms with van der Waals surface area (Å²) < 4.78 is 18.2. The molecule has 1 heterocycles. The first-order valence-electron chi connectivity index (χ1n) is 8.25. The molecule has 0 spiro atoms. The predicted molar refractivity (Wildman–Crippen MR) is 96.8 cm³/mol. The van der Waals surface area contributed by atoms with Crippen LogP contribution in [0, 0.1) is 11.7 Å². The van der Waals surface area contributed by atoms with Gasteiger partial charge in [0, 0.05) is 23.7 Å². The number of ether oxygens (including phenoxy) is 1. The van der Waals surface area contributed by atoms with Gasteiger partial charge in [-0.15, -0.1) is 0 Å². The lowest BCUT2D eigenvalue weighted by Gasteiger charge is -2.16. The Morgan fingerprint density at radius 3 is 2.58 bits per heavy atom. The van der Waals surface area contributed by atoms with Crippen LogP contribution >= 0.6 is 11.6 Å². The first-order chi connectivity index (χ1) is 12.5. The zero-order valence-electron chi connectivity index (χ0n) is 14.0. The second kappa shape index (κ2) is 8.19. The monoisotopic (exact) mass is 376 g/mol. The number of halogens is 2. The molecule has 2 aromatic rings. The smallest absolute Gasteiger partial charge is 0.227 e. The van der Waals surface area contributed by atoms with Crippen molar-refractivity contribution in [1.29, 1.82) is 0 Å². The Hall–Kier alpha value is -2.60. The summed E-state index contributed by atoms with van der Waals surface area (Å²) in [5.74, 6) is -0.469. The van der Waals surface area contributed by atoms with Crippen LogP contribution < -0.4 is 15.0 Å². The Labute approximate surface area is 155 Å². The van der Waals surface area contributed by atoms with Crippen molar-refractivity contribution < 1.29 is 18.7 Å². The van der Waals surface area contributed by atoms with Gasteiger partial charge in [0.15, 0.2) is 0 Å². The number of rotatable bonds is 6. The number of anilines is 1. The quantitative estimate of drug-likeness (QED) is 0.788. The summed E-state index contributed by atoms with van der Waals surface area (Å²) in [5.41, 5.74) is 0.731. The molecular formula is C19H18ClFN2O3. The number of carbonyl (C=O) groups is 2. The topological polar surface area (TPSA) is 58.6 Å². The molecule has 1 aliphatic heterocycles. The van der Waals surface area contributed by atoms with E-state index in [1.165, 1.54) is 24.3 Å². The van der Waals surface area contributed by atoms with Gasteiger partial charge in [0.1, 0.15) is 18.2 Å². The van der Waals surface area contributed by atoms with Crippen LogP contribution in [0.3, 0.4) is 0 Å². The lowest BCUT2D eigenvalue weighted by Crippen LogP contribution is -2.35. The zero-order valence-corrected chi connectivity index (χ0v) is 14.7. The Balaban J connectivity index is 1.45. The van der Waals surface area contributed by atoms with Gasteiger partial charge in [-0.05, 0) is 48.5 Å². The largest absolute Gasteiger partial charge is 0.492 e. The fourth-order valence-corrected chi connectivity index (χ4v) is 2.90. The van der Waals surface area contributed by atoms with Gasteiger partial charge < -0.3 is 15.0 Å².